The molecule has 39 heavy (non-hydrogen) atoms. The van der Waals surface area contributed by atoms with E-state index < -0.39 is 34.1 Å². The predicted molar refractivity (Wildman–Crippen MR) is 157 cm³/mol. The van der Waals surface area contributed by atoms with Gasteiger partial charge in [0.25, 0.3) is 10.0 Å². The molecule has 0 aromatic heterocycles. The number of carbonyl (C=O) groups excluding carboxylic acids is 2. The molecule has 0 heterocycles. The zero-order valence-corrected chi connectivity index (χ0v) is 24.9. The molecule has 2 amide bonds. The third kappa shape index (κ3) is 7.97. The van der Waals surface area contributed by atoms with Crippen LogP contribution in [0.3, 0.4) is 0 Å². The van der Waals surface area contributed by atoms with Crippen molar-refractivity contribution in [1.29, 1.82) is 0 Å². The zero-order valence-electron chi connectivity index (χ0n) is 22.6. The first-order chi connectivity index (χ1) is 18.2. The molecule has 0 saturated carbocycles. The molecule has 0 spiro atoms. The number of anilines is 1. The van der Waals surface area contributed by atoms with Crippen LogP contribution in [0.15, 0.2) is 77.7 Å². The molecule has 0 radical (unpaired) electrons. The monoisotopic (exact) mass is 589 g/mol. The summed E-state index contributed by atoms with van der Waals surface area (Å²) < 4.78 is 28.6. The summed E-state index contributed by atoms with van der Waals surface area (Å²) in [6.45, 7) is 8.62. The molecule has 0 aliphatic heterocycles. The van der Waals surface area contributed by atoms with Crippen molar-refractivity contribution in [3.63, 3.8) is 0 Å². The lowest BCUT2D eigenvalue weighted by Gasteiger charge is -2.33. The van der Waals surface area contributed by atoms with Gasteiger partial charge in [0, 0.05) is 17.1 Å². The fourth-order valence-electron chi connectivity index (χ4n) is 3.98. The molecule has 0 aliphatic carbocycles. The van der Waals surface area contributed by atoms with Gasteiger partial charge in [-0.2, -0.15) is 0 Å². The molecule has 0 saturated heterocycles. The Morgan fingerprint density at radius 2 is 1.62 bits per heavy atom. The summed E-state index contributed by atoms with van der Waals surface area (Å²) >= 11 is 12.5. The van der Waals surface area contributed by atoms with Gasteiger partial charge in [-0.25, -0.2) is 8.42 Å². The van der Waals surface area contributed by atoms with Gasteiger partial charge in [0.1, 0.15) is 12.6 Å². The van der Waals surface area contributed by atoms with Crippen molar-refractivity contribution in [2.45, 2.75) is 57.6 Å². The maximum atomic E-state index is 14.0. The summed E-state index contributed by atoms with van der Waals surface area (Å²) in [5.74, 6) is -0.927. The third-order valence-corrected chi connectivity index (χ3v) is 8.20. The van der Waals surface area contributed by atoms with Crippen LogP contribution in [0.25, 0.3) is 0 Å². The van der Waals surface area contributed by atoms with Gasteiger partial charge in [-0.15, -0.1) is 0 Å². The summed E-state index contributed by atoms with van der Waals surface area (Å²) in [5.41, 5.74) is 1.37. The van der Waals surface area contributed by atoms with E-state index >= 15 is 0 Å². The van der Waals surface area contributed by atoms with Crippen molar-refractivity contribution in [2.75, 3.05) is 10.8 Å². The zero-order chi connectivity index (χ0) is 29.0. The Hall–Kier alpha value is -3.07. The smallest absolute Gasteiger partial charge is 0.264 e. The van der Waals surface area contributed by atoms with Crippen LogP contribution >= 0.6 is 23.2 Å². The van der Waals surface area contributed by atoms with Gasteiger partial charge >= 0.3 is 0 Å². The molecule has 3 aromatic carbocycles. The van der Waals surface area contributed by atoms with Crippen molar-refractivity contribution in [3.8, 4) is 0 Å². The second-order valence-corrected chi connectivity index (χ2v) is 13.1. The number of carbonyl (C=O) groups is 2. The van der Waals surface area contributed by atoms with Crippen LogP contribution in [0.4, 0.5) is 5.69 Å². The molecule has 3 rings (SSSR count). The summed E-state index contributed by atoms with van der Waals surface area (Å²) in [4.78, 5) is 28.5. The number of nitrogens with one attached hydrogen (secondary N) is 1. The van der Waals surface area contributed by atoms with Gasteiger partial charge in [-0.3, -0.25) is 13.9 Å². The topological polar surface area (TPSA) is 86.8 Å². The number of hydrogen-bond acceptors (Lipinski definition) is 4. The Balaban J connectivity index is 2.06. The highest BCUT2D eigenvalue weighted by molar-refractivity contribution is 7.92. The summed E-state index contributed by atoms with van der Waals surface area (Å²) in [6, 6.07) is 18.8. The summed E-state index contributed by atoms with van der Waals surface area (Å²) in [7, 11) is -4.21. The fraction of sp³-hybridized carbons (Fsp3) is 0.310. The van der Waals surface area contributed by atoms with E-state index in [0.717, 1.165) is 15.4 Å². The second-order valence-electron chi connectivity index (χ2n) is 10.3. The van der Waals surface area contributed by atoms with Crippen molar-refractivity contribution in [1.82, 2.24) is 10.2 Å². The number of benzene rings is 3. The van der Waals surface area contributed by atoms with Crippen LogP contribution in [0.2, 0.25) is 10.0 Å². The van der Waals surface area contributed by atoms with E-state index in [-0.39, 0.29) is 28.1 Å². The number of halogens is 2. The Morgan fingerprint density at radius 1 is 0.949 bits per heavy atom. The van der Waals surface area contributed by atoms with Crippen molar-refractivity contribution >= 4 is 50.7 Å². The predicted octanol–water partition coefficient (Wildman–Crippen LogP) is 5.83. The maximum Gasteiger partial charge on any atom is 0.264 e. The lowest BCUT2D eigenvalue weighted by Crippen LogP contribution is -2.54. The number of nitrogens with zero attached hydrogens (tertiary/aromatic N) is 2. The molecule has 10 heteroatoms. The summed E-state index contributed by atoms with van der Waals surface area (Å²) in [6.07, 6.45) is 0. The van der Waals surface area contributed by atoms with Crippen molar-refractivity contribution < 1.29 is 18.0 Å². The van der Waals surface area contributed by atoms with E-state index in [2.05, 4.69) is 5.32 Å². The molecule has 0 fully saturated rings. The standard InChI is InChI=1S/C29H33Cl2N3O4S/c1-20-10-9-11-22(16-20)18-33(21(2)28(36)32-29(3,4)5)27(35)19-34(26-15-14-23(30)17-25(26)31)39(37,38)24-12-7-6-8-13-24/h6-17,21H,18-19H2,1-5H3,(H,32,36)/t21-/m1/s1. The molecule has 208 valence electrons. The van der Waals surface area contributed by atoms with E-state index in [1.165, 1.54) is 35.2 Å². The van der Waals surface area contributed by atoms with Gasteiger partial charge < -0.3 is 10.2 Å². The first-order valence-corrected chi connectivity index (χ1v) is 14.6. The average molecular weight is 591 g/mol. The number of sulfonamides is 1. The average Bonchev–Trinajstić information content (AvgIpc) is 2.85. The molecule has 0 aliphatic rings. The van der Waals surface area contributed by atoms with Crippen LogP contribution < -0.4 is 9.62 Å². The van der Waals surface area contributed by atoms with Crippen molar-refractivity contribution in [2.24, 2.45) is 0 Å². The lowest BCUT2D eigenvalue weighted by molar-refractivity contribution is -0.140. The van der Waals surface area contributed by atoms with Gasteiger partial charge in [-0.05, 0) is 70.5 Å². The minimum absolute atomic E-state index is 0.00688. The highest BCUT2D eigenvalue weighted by Gasteiger charge is 2.34. The quantitative estimate of drug-likeness (QED) is 0.340. The number of hydrogen-bond donors (Lipinski definition) is 1. The fourth-order valence-corrected chi connectivity index (χ4v) is 6.00. The molecular weight excluding hydrogens is 557 g/mol. The van der Waals surface area contributed by atoms with E-state index in [0.29, 0.717) is 5.02 Å². The number of aryl methyl sites for hydroxylation is 1. The molecule has 0 unspecified atom stereocenters. The van der Waals surface area contributed by atoms with Crippen LogP contribution in [0.5, 0.6) is 0 Å². The number of amides is 2. The molecule has 1 atom stereocenters. The second kappa shape index (κ2) is 12.4. The molecule has 3 aromatic rings. The Bertz CT molecular complexity index is 1440. The van der Waals surface area contributed by atoms with Gasteiger partial charge in [0.2, 0.25) is 11.8 Å². The van der Waals surface area contributed by atoms with E-state index in [1.807, 2.05) is 52.0 Å². The Morgan fingerprint density at radius 3 is 2.21 bits per heavy atom. The van der Waals surface area contributed by atoms with E-state index in [1.54, 1.807) is 25.1 Å². The summed E-state index contributed by atoms with van der Waals surface area (Å²) in [5, 5.41) is 3.30. The molecule has 0 bridgehead atoms. The first-order valence-electron chi connectivity index (χ1n) is 12.4. The van der Waals surface area contributed by atoms with E-state index in [4.69, 9.17) is 23.2 Å². The van der Waals surface area contributed by atoms with Crippen LogP contribution in [-0.2, 0) is 26.2 Å². The van der Waals surface area contributed by atoms with Crippen LogP contribution in [0, 0.1) is 6.92 Å². The molecule has 1 N–H and O–H groups in total. The highest BCUT2D eigenvalue weighted by atomic mass is 35.5. The number of rotatable bonds is 9. The largest absolute Gasteiger partial charge is 0.350 e. The van der Waals surface area contributed by atoms with Gasteiger partial charge in [0.15, 0.2) is 0 Å². The van der Waals surface area contributed by atoms with Gasteiger partial charge in [0.05, 0.1) is 15.6 Å². The van der Waals surface area contributed by atoms with E-state index in [9.17, 15) is 18.0 Å². The minimum Gasteiger partial charge on any atom is -0.350 e. The minimum atomic E-state index is -4.21. The van der Waals surface area contributed by atoms with Crippen LogP contribution in [0.1, 0.15) is 38.8 Å². The van der Waals surface area contributed by atoms with Gasteiger partial charge in [-0.1, -0.05) is 71.2 Å². The maximum absolute atomic E-state index is 14.0. The SMILES string of the molecule is Cc1cccc(CN(C(=O)CN(c2ccc(Cl)cc2Cl)S(=O)(=O)c2ccccc2)[C@H](C)C(=O)NC(C)(C)C)c1. The third-order valence-electron chi connectivity index (χ3n) is 5.89. The lowest BCUT2D eigenvalue weighted by atomic mass is 10.1. The highest BCUT2D eigenvalue weighted by Crippen LogP contribution is 2.33. The molecule has 7 nitrogen and oxygen atoms in total. The Kier molecular flexibility index (Phi) is 9.69. The molecular formula is C29H33Cl2N3O4S. The van der Waals surface area contributed by atoms with Crippen molar-refractivity contribution in [3.05, 3.63) is 94.0 Å². The Labute approximate surface area is 240 Å². The van der Waals surface area contributed by atoms with Crippen LogP contribution in [-0.4, -0.2) is 43.3 Å². The first kappa shape index (κ1) is 30.5. The normalized spacial score (nSPS) is 12.5.